The third-order valence-electron chi connectivity index (χ3n) is 1.42. The van der Waals surface area contributed by atoms with Crippen LogP contribution in [0.2, 0.25) is 0 Å². The SMILES string of the molecule is C1=c2cncnc2=CC1. The lowest BCUT2D eigenvalue weighted by Gasteiger charge is -1.78. The summed E-state index contributed by atoms with van der Waals surface area (Å²) in [5, 5.41) is 2.24. The zero-order valence-corrected chi connectivity index (χ0v) is 4.91. The van der Waals surface area contributed by atoms with Crippen molar-refractivity contribution < 1.29 is 0 Å². The van der Waals surface area contributed by atoms with Gasteiger partial charge in [0.25, 0.3) is 0 Å². The Morgan fingerprint density at radius 2 is 2.33 bits per heavy atom. The van der Waals surface area contributed by atoms with Gasteiger partial charge in [0.15, 0.2) is 0 Å². The quantitative estimate of drug-likeness (QED) is 0.456. The zero-order valence-electron chi connectivity index (χ0n) is 4.91. The number of aromatic nitrogens is 2. The van der Waals surface area contributed by atoms with E-state index in [9.17, 15) is 0 Å². The van der Waals surface area contributed by atoms with Gasteiger partial charge in [-0.3, -0.25) is 0 Å². The van der Waals surface area contributed by atoms with Crippen molar-refractivity contribution in [3.05, 3.63) is 23.1 Å². The zero-order chi connectivity index (χ0) is 6.10. The number of fused-ring (bicyclic) bond motifs is 1. The van der Waals surface area contributed by atoms with E-state index in [4.69, 9.17) is 0 Å². The average molecular weight is 118 g/mol. The molecule has 0 aliphatic heterocycles. The van der Waals surface area contributed by atoms with Crippen molar-refractivity contribution in [1.82, 2.24) is 9.97 Å². The molecule has 0 fully saturated rings. The summed E-state index contributed by atoms with van der Waals surface area (Å²) in [6.45, 7) is 0. The van der Waals surface area contributed by atoms with E-state index in [1.165, 1.54) is 0 Å². The van der Waals surface area contributed by atoms with Gasteiger partial charge in [0.05, 0.1) is 5.35 Å². The smallest absolute Gasteiger partial charge is 0.116 e. The monoisotopic (exact) mass is 118 g/mol. The van der Waals surface area contributed by atoms with Crippen LogP contribution in [-0.2, 0) is 0 Å². The first kappa shape index (κ1) is 4.68. The predicted molar refractivity (Wildman–Crippen MR) is 34.8 cm³/mol. The summed E-state index contributed by atoms with van der Waals surface area (Å²) in [5.41, 5.74) is 0. The second-order valence-corrected chi connectivity index (χ2v) is 2.01. The molecule has 0 amide bonds. The van der Waals surface area contributed by atoms with Gasteiger partial charge >= 0.3 is 0 Å². The second-order valence-electron chi connectivity index (χ2n) is 2.01. The number of hydrogen-bond donors (Lipinski definition) is 0. The van der Waals surface area contributed by atoms with Crippen molar-refractivity contribution in [2.75, 3.05) is 0 Å². The summed E-state index contributed by atoms with van der Waals surface area (Å²) in [7, 11) is 0. The molecule has 0 N–H and O–H groups in total. The van der Waals surface area contributed by atoms with Gasteiger partial charge in [-0.1, -0.05) is 12.2 Å². The Labute approximate surface area is 52.6 Å². The van der Waals surface area contributed by atoms with Gasteiger partial charge in [-0.05, 0) is 6.42 Å². The molecule has 0 unspecified atom stereocenters. The average Bonchev–Trinajstić information content (AvgIpc) is 2.33. The summed E-state index contributed by atoms with van der Waals surface area (Å²) in [5.74, 6) is 0. The Hall–Kier alpha value is -1.18. The van der Waals surface area contributed by atoms with Crippen LogP contribution in [0.25, 0.3) is 12.2 Å². The van der Waals surface area contributed by atoms with Crippen molar-refractivity contribution >= 4 is 12.2 Å². The maximum absolute atomic E-state index is 4.06. The topological polar surface area (TPSA) is 25.8 Å². The maximum atomic E-state index is 4.06. The fraction of sp³-hybridized carbons (Fsp3) is 0.143. The summed E-state index contributed by atoms with van der Waals surface area (Å²) >= 11 is 0. The second kappa shape index (κ2) is 1.65. The fourth-order valence-electron chi connectivity index (χ4n) is 0.975. The molecule has 1 aromatic rings. The summed E-state index contributed by atoms with van der Waals surface area (Å²) in [4.78, 5) is 7.96. The Morgan fingerprint density at radius 3 is 3.22 bits per heavy atom. The highest BCUT2D eigenvalue weighted by Gasteiger charge is 1.90. The molecular weight excluding hydrogens is 112 g/mol. The molecule has 1 aromatic heterocycles. The van der Waals surface area contributed by atoms with Crippen molar-refractivity contribution in [1.29, 1.82) is 0 Å². The van der Waals surface area contributed by atoms with E-state index in [0.717, 1.165) is 17.0 Å². The van der Waals surface area contributed by atoms with E-state index in [0.29, 0.717) is 0 Å². The summed E-state index contributed by atoms with van der Waals surface area (Å²) in [6.07, 6.45) is 8.64. The summed E-state index contributed by atoms with van der Waals surface area (Å²) < 4.78 is 0. The Balaban J connectivity index is 2.97. The highest BCUT2D eigenvalue weighted by Crippen LogP contribution is 1.84. The van der Waals surface area contributed by atoms with E-state index in [2.05, 4.69) is 22.1 Å². The van der Waals surface area contributed by atoms with Crippen LogP contribution in [0.3, 0.4) is 0 Å². The standard InChI is InChI=1S/C7H6N2/c1-2-6-4-8-5-9-7(6)3-1/h2-5H,1H2. The van der Waals surface area contributed by atoms with E-state index >= 15 is 0 Å². The van der Waals surface area contributed by atoms with Gasteiger partial charge in [-0.25, -0.2) is 9.97 Å². The Morgan fingerprint density at radius 1 is 1.33 bits per heavy atom. The number of hydrogen-bond acceptors (Lipinski definition) is 2. The molecule has 9 heavy (non-hydrogen) atoms. The molecule has 0 saturated carbocycles. The normalized spacial score (nSPS) is 13.8. The molecule has 0 saturated heterocycles. The van der Waals surface area contributed by atoms with Crippen LogP contribution >= 0.6 is 0 Å². The van der Waals surface area contributed by atoms with Crippen LogP contribution in [0.15, 0.2) is 12.5 Å². The van der Waals surface area contributed by atoms with E-state index in [1.54, 1.807) is 6.33 Å². The van der Waals surface area contributed by atoms with Crippen LogP contribution in [0.4, 0.5) is 0 Å². The molecule has 1 heterocycles. The molecule has 1 aliphatic carbocycles. The van der Waals surface area contributed by atoms with Gasteiger partial charge in [0.1, 0.15) is 6.33 Å². The molecule has 2 heteroatoms. The Kier molecular flexibility index (Phi) is 0.859. The molecule has 0 aromatic carbocycles. The van der Waals surface area contributed by atoms with E-state index in [1.807, 2.05) is 6.20 Å². The first-order valence-corrected chi connectivity index (χ1v) is 2.93. The van der Waals surface area contributed by atoms with Crippen molar-refractivity contribution in [2.45, 2.75) is 6.42 Å². The van der Waals surface area contributed by atoms with Crippen LogP contribution in [0, 0.1) is 0 Å². The highest BCUT2D eigenvalue weighted by molar-refractivity contribution is 5.42. The fourth-order valence-corrected chi connectivity index (χ4v) is 0.975. The molecule has 2 nitrogen and oxygen atoms in total. The molecule has 0 atom stereocenters. The van der Waals surface area contributed by atoms with Crippen LogP contribution < -0.4 is 10.6 Å². The molecule has 1 aliphatic rings. The van der Waals surface area contributed by atoms with Gasteiger partial charge in [-0.15, -0.1) is 0 Å². The minimum atomic E-state index is 1.01. The summed E-state index contributed by atoms with van der Waals surface area (Å²) in [6, 6.07) is 0. The minimum Gasteiger partial charge on any atom is -0.244 e. The lowest BCUT2D eigenvalue weighted by atomic mass is 10.4. The number of nitrogens with zero attached hydrogens (tertiary/aromatic N) is 2. The van der Waals surface area contributed by atoms with Gasteiger partial charge in [0.2, 0.25) is 0 Å². The van der Waals surface area contributed by atoms with Gasteiger partial charge in [-0.2, -0.15) is 0 Å². The van der Waals surface area contributed by atoms with Crippen LogP contribution in [0.1, 0.15) is 6.42 Å². The van der Waals surface area contributed by atoms with Gasteiger partial charge in [0, 0.05) is 11.4 Å². The Bertz CT molecular complexity index is 294. The first-order chi connectivity index (χ1) is 4.47. The van der Waals surface area contributed by atoms with Crippen molar-refractivity contribution in [2.24, 2.45) is 0 Å². The van der Waals surface area contributed by atoms with Crippen LogP contribution in [0.5, 0.6) is 0 Å². The predicted octanol–water partition coefficient (Wildman–Crippen LogP) is -0.559. The largest absolute Gasteiger partial charge is 0.244 e. The maximum Gasteiger partial charge on any atom is 0.116 e. The highest BCUT2D eigenvalue weighted by atomic mass is 14.8. The van der Waals surface area contributed by atoms with Gasteiger partial charge < -0.3 is 0 Å². The minimum absolute atomic E-state index is 1.01. The van der Waals surface area contributed by atoms with E-state index < -0.39 is 0 Å². The van der Waals surface area contributed by atoms with Crippen LogP contribution in [-0.4, -0.2) is 9.97 Å². The first-order valence-electron chi connectivity index (χ1n) is 2.93. The molecule has 0 radical (unpaired) electrons. The molecule has 2 rings (SSSR count). The lowest BCUT2D eigenvalue weighted by Crippen LogP contribution is -2.24. The third-order valence-corrected chi connectivity index (χ3v) is 1.42. The van der Waals surface area contributed by atoms with Crippen molar-refractivity contribution in [3.63, 3.8) is 0 Å². The van der Waals surface area contributed by atoms with E-state index in [-0.39, 0.29) is 0 Å². The van der Waals surface area contributed by atoms with Crippen molar-refractivity contribution in [3.8, 4) is 0 Å². The molecular formula is C7H6N2. The third kappa shape index (κ3) is 0.633. The number of rotatable bonds is 0. The molecule has 44 valence electrons. The molecule has 0 spiro atoms. The molecule has 0 bridgehead atoms. The lowest BCUT2D eigenvalue weighted by molar-refractivity contribution is 1.11.